The third-order valence-electron chi connectivity index (χ3n) is 3.62. The van der Waals surface area contributed by atoms with Crippen molar-refractivity contribution in [1.29, 1.82) is 0 Å². The number of halogens is 1. The second-order valence-corrected chi connectivity index (χ2v) is 4.83. The smallest absolute Gasteiger partial charge is 0.262 e. The van der Waals surface area contributed by atoms with Crippen molar-refractivity contribution in [2.24, 2.45) is 5.73 Å². The molecular formula is C16H13FN2O2. The van der Waals surface area contributed by atoms with Crippen LogP contribution in [0.1, 0.15) is 32.3 Å². The van der Waals surface area contributed by atoms with Gasteiger partial charge in [-0.05, 0) is 29.8 Å². The molecule has 0 radical (unpaired) electrons. The van der Waals surface area contributed by atoms with Gasteiger partial charge in [-0.2, -0.15) is 0 Å². The lowest BCUT2D eigenvalue weighted by atomic mass is 10.1. The van der Waals surface area contributed by atoms with Crippen LogP contribution >= 0.6 is 0 Å². The summed E-state index contributed by atoms with van der Waals surface area (Å²) in [6.07, 6.45) is 0. The number of rotatable bonds is 3. The van der Waals surface area contributed by atoms with Gasteiger partial charge in [0, 0.05) is 6.54 Å². The standard InChI is InChI=1S/C16H13FN2O2/c17-11-7-5-10(6-8-11)14(9-18)19-15(20)12-3-1-2-4-13(12)16(19)21/h1-8,14H,9,18H2/t14-/m0/s1. The predicted molar refractivity (Wildman–Crippen MR) is 75.1 cm³/mol. The molecule has 1 aliphatic heterocycles. The molecule has 0 fully saturated rings. The Kier molecular flexibility index (Phi) is 3.27. The fourth-order valence-corrected chi connectivity index (χ4v) is 2.57. The quantitative estimate of drug-likeness (QED) is 0.878. The molecule has 0 saturated carbocycles. The van der Waals surface area contributed by atoms with Gasteiger partial charge in [-0.25, -0.2) is 4.39 Å². The summed E-state index contributed by atoms with van der Waals surface area (Å²) in [5, 5.41) is 0. The van der Waals surface area contributed by atoms with E-state index in [0.717, 1.165) is 4.90 Å². The van der Waals surface area contributed by atoms with E-state index < -0.39 is 6.04 Å². The summed E-state index contributed by atoms with van der Waals surface area (Å²) in [6.45, 7) is 0.0805. The van der Waals surface area contributed by atoms with Gasteiger partial charge in [-0.15, -0.1) is 0 Å². The number of nitrogens with zero attached hydrogens (tertiary/aromatic N) is 1. The third kappa shape index (κ3) is 2.11. The SMILES string of the molecule is NC[C@@H](c1ccc(F)cc1)N1C(=O)c2ccccc2C1=O. The molecule has 2 aromatic rings. The molecule has 1 aliphatic rings. The molecule has 2 amide bonds. The van der Waals surface area contributed by atoms with Crippen LogP contribution in [0.3, 0.4) is 0 Å². The molecular weight excluding hydrogens is 271 g/mol. The highest BCUT2D eigenvalue weighted by atomic mass is 19.1. The number of imide groups is 1. The van der Waals surface area contributed by atoms with Gasteiger partial charge in [0.2, 0.25) is 0 Å². The molecule has 0 unspecified atom stereocenters. The van der Waals surface area contributed by atoms with E-state index in [1.165, 1.54) is 24.3 Å². The van der Waals surface area contributed by atoms with Crippen molar-refractivity contribution in [1.82, 2.24) is 4.90 Å². The molecule has 0 saturated heterocycles. The number of benzene rings is 2. The topological polar surface area (TPSA) is 63.4 Å². The van der Waals surface area contributed by atoms with Crippen LogP contribution in [0, 0.1) is 5.82 Å². The molecule has 2 N–H and O–H groups in total. The highest BCUT2D eigenvalue weighted by molar-refractivity contribution is 6.21. The minimum absolute atomic E-state index is 0.0805. The number of hydrogen-bond acceptors (Lipinski definition) is 3. The zero-order valence-corrected chi connectivity index (χ0v) is 11.1. The van der Waals surface area contributed by atoms with E-state index in [4.69, 9.17) is 5.73 Å². The fourth-order valence-electron chi connectivity index (χ4n) is 2.57. The molecule has 21 heavy (non-hydrogen) atoms. The van der Waals surface area contributed by atoms with Crippen LogP contribution in [-0.4, -0.2) is 23.3 Å². The van der Waals surface area contributed by atoms with Gasteiger partial charge in [0.25, 0.3) is 11.8 Å². The minimum Gasteiger partial charge on any atom is -0.328 e. The van der Waals surface area contributed by atoms with Crippen LogP contribution in [0.4, 0.5) is 4.39 Å². The summed E-state index contributed by atoms with van der Waals surface area (Å²) in [6, 6.07) is 11.7. The molecule has 4 nitrogen and oxygen atoms in total. The number of nitrogens with two attached hydrogens (primary N) is 1. The van der Waals surface area contributed by atoms with Crippen molar-refractivity contribution >= 4 is 11.8 Å². The number of hydrogen-bond donors (Lipinski definition) is 1. The minimum atomic E-state index is -0.599. The van der Waals surface area contributed by atoms with Crippen LogP contribution in [0.5, 0.6) is 0 Å². The third-order valence-corrected chi connectivity index (χ3v) is 3.62. The molecule has 1 heterocycles. The Morgan fingerprint density at radius 1 is 0.952 bits per heavy atom. The first-order chi connectivity index (χ1) is 10.1. The van der Waals surface area contributed by atoms with Crippen molar-refractivity contribution in [2.75, 3.05) is 6.54 Å². The molecule has 106 valence electrons. The van der Waals surface area contributed by atoms with E-state index in [1.54, 1.807) is 24.3 Å². The maximum absolute atomic E-state index is 13.0. The van der Waals surface area contributed by atoms with E-state index in [0.29, 0.717) is 16.7 Å². The van der Waals surface area contributed by atoms with Crippen molar-refractivity contribution in [2.45, 2.75) is 6.04 Å². The van der Waals surface area contributed by atoms with Gasteiger partial charge in [-0.1, -0.05) is 24.3 Å². The molecule has 0 aliphatic carbocycles. The summed E-state index contributed by atoms with van der Waals surface area (Å²) >= 11 is 0. The van der Waals surface area contributed by atoms with Gasteiger partial charge in [0.15, 0.2) is 0 Å². The second kappa shape index (κ2) is 5.10. The fraction of sp³-hybridized carbons (Fsp3) is 0.125. The van der Waals surface area contributed by atoms with Crippen molar-refractivity contribution in [3.63, 3.8) is 0 Å². The predicted octanol–water partition coefficient (Wildman–Crippen LogP) is 2.12. The molecule has 5 heteroatoms. The zero-order chi connectivity index (χ0) is 15.0. The summed E-state index contributed by atoms with van der Waals surface area (Å²) in [5.74, 6) is -1.11. The number of amides is 2. The second-order valence-electron chi connectivity index (χ2n) is 4.83. The van der Waals surface area contributed by atoms with Crippen molar-refractivity contribution < 1.29 is 14.0 Å². The Morgan fingerprint density at radius 3 is 1.95 bits per heavy atom. The van der Waals surface area contributed by atoms with Crippen molar-refractivity contribution in [3.05, 3.63) is 71.0 Å². The highest BCUT2D eigenvalue weighted by Crippen LogP contribution is 2.30. The molecule has 0 spiro atoms. The molecule has 0 aromatic heterocycles. The molecule has 0 bridgehead atoms. The summed E-state index contributed by atoms with van der Waals surface area (Å²) in [5.41, 5.74) is 7.13. The summed E-state index contributed by atoms with van der Waals surface area (Å²) in [4.78, 5) is 26.0. The van der Waals surface area contributed by atoms with Crippen LogP contribution < -0.4 is 5.73 Å². The Bertz CT molecular complexity index is 677. The highest BCUT2D eigenvalue weighted by Gasteiger charge is 2.39. The maximum atomic E-state index is 13.0. The Labute approximate surface area is 121 Å². The van der Waals surface area contributed by atoms with E-state index in [-0.39, 0.29) is 24.2 Å². The Balaban J connectivity index is 2.01. The van der Waals surface area contributed by atoms with Gasteiger partial charge >= 0.3 is 0 Å². The van der Waals surface area contributed by atoms with Gasteiger partial charge in [-0.3, -0.25) is 14.5 Å². The lowest BCUT2D eigenvalue weighted by Crippen LogP contribution is -2.38. The van der Waals surface area contributed by atoms with Gasteiger partial charge in [0.05, 0.1) is 17.2 Å². The van der Waals surface area contributed by atoms with Crippen LogP contribution in [0.25, 0.3) is 0 Å². The average Bonchev–Trinajstić information content (AvgIpc) is 2.76. The Morgan fingerprint density at radius 2 is 1.48 bits per heavy atom. The molecule has 1 atom stereocenters. The monoisotopic (exact) mass is 284 g/mol. The first-order valence-corrected chi connectivity index (χ1v) is 6.56. The number of carbonyl (C=O) groups excluding carboxylic acids is 2. The number of carbonyl (C=O) groups is 2. The normalized spacial score (nSPS) is 15.2. The summed E-state index contributed by atoms with van der Waals surface area (Å²) < 4.78 is 13.0. The van der Waals surface area contributed by atoms with Gasteiger partial charge in [0.1, 0.15) is 5.82 Å². The lowest BCUT2D eigenvalue weighted by Gasteiger charge is -2.25. The number of fused-ring (bicyclic) bond motifs is 1. The summed E-state index contributed by atoms with van der Waals surface area (Å²) in [7, 11) is 0. The largest absolute Gasteiger partial charge is 0.328 e. The molecule has 3 rings (SSSR count). The first-order valence-electron chi connectivity index (χ1n) is 6.56. The van der Waals surface area contributed by atoms with E-state index in [1.807, 2.05) is 0 Å². The van der Waals surface area contributed by atoms with Crippen molar-refractivity contribution in [3.8, 4) is 0 Å². The first kappa shape index (κ1) is 13.5. The van der Waals surface area contributed by atoms with E-state index in [9.17, 15) is 14.0 Å². The molecule has 2 aromatic carbocycles. The van der Waals surface area contributed by atoms with Gasteiger partial charge < -0.3 is 5.73 Å². The van der Waals surface area contributed by atoms with Crippen LogP contribution in [0.15, 0.2) is 48.5 Å². The average molecular weight is 284 g/mol. The maximum Gasteiger partial charge on any atom is 0.262 e. The van der Waals surface area contributed by atoms with E-state index >= 15 is 0 Å². The Hall–Kier alpha value is -2.53. The van der Waals surface area contributed by atoms with Crippen LogP contribution in [0.2, 0.25) is 0 Å². The van der Waals surface area contributed by atoms with Crippen LogP contribution in [-0.2, 0) is 0 Å². The lowest BCUT2D eigenvalue weighted by molar-refractivity contribution is 0.0587. The zero-order valence-electron chi connectivity index (χ0n) is 11.1. The van der Waals surface area contributed by atoms with E-state index in [2.05, 4.69) is 0 Å².